The van der Waals surface area contributed by atoms with Gasteiger partial charge in [-0.05, 0) is 31.7 Å². The van der Waals surface area contributed by atoms with Crippen molar-refractivity contribution >= 4 is 5.97 Å². The van der Waals surface area contributed by atoms with Gasteiger partial charge in [-0.3, -0.25) is 4.79 Å². The molecule has 18 heavy (non-hydrogen) atoms. The number of rotatable bonds is 8. The van der Waals surface area contributed by atoms with Crippen molar-refractivity contribution in [3.8, 4) is 0 Å². The van der Waals surface area contributed by atoms with E-state index in [1.54, 1.807) is 0 Å². The van der Waals surface area contributed by atoms with E-state index in [-0.39, 0.29) is 11.9 Å². The van der Waals surface area contributed by atoms with Gasteiger partial charge in [0.25, 0.3) is 0 Å². The van der Waals surface area contributed by atoms with Crippen LogP contribution in [0, 0.1) is 11.8 Å². The summed E-state index contributed by atoms with van der Waals surface area (Å²) in [5.41, 5.74) is 5.73. The Bertz CT molecular complexity index is 231. The van der Waals surface area contributed by atoms with Crippen molar-refractivity contribution in [3.63, 3.8) is 0 Å². The van der Waals surface area contributed by atoms with Gasteiger partial charge in [0.05, 0.1) is 12.5 Å². The van der Waals surface area contributed by atoms with E-state index in [1.165, 1.54) is 32.1 Å². The van der Waals surface area contributed by atoms with Gasteiger partial charge in [0.1, 0.15) is 0 Å². The molecule has 1 saturated carbocycles. The highest BCUT2D eigenvalue weighted by atomic mass is 16.5. The van der Waals surface area contributed by atoms with Crippen LogP contribution in [0.1, 0.15) is 64.7 Å². The Labute approximate surface area is 111 Å². The summed E-state index contributed by atoms with van der Waals surface area (Å²) >= 11 is 0. The highest BCUT2D eigenvalue weighted by Crippen LogP contribution is 2.30. The zero-order valence-corrected chi connectivity index (χ0v) is 11.8. The Morgan fingerprint density at radius 2 is 1.89 bits per heavy atom. The predicted octanol–water partition coefficient (Wildman–Crippen LogP) is 3.27. The number of carbonyl (C=O) groups excluding carboxylic acids is 1. The lowest BCUT2D eigenvalue weighted by molar-refractivity contribution is -0.151. The van der Waals surface area contributed by atoms with Crippen molar-refractivity contribution < 1.29 is 9.53 Å². The molecule has 1 rings (SSSR count). The number of carbonyl (C=O) groups is 1. The molecule has 0 aromatic rings. The maximum absolute atomic E-state index is 12.0. The van der Waals surface area contributed by atoms with Crippen LogP contribution in [0.5, 0.6) is 0 Å². The fraction of sp³-hybridized carbons (Fsp3) is 0.933. The minimum absolute atomic E-state index is 0.000594. The van der Waals surface area contributed by atoms with Crippen LogP contribution < -0.4 is 5.73 Å². The van der Waals surface area contributed by atoms with Crippen LogP contribution in [0.4, 0.5) is 0 Å². The van der Waals surface area contributed by atoms with E-state index < -0.39 is 0 Å². The fourth-order valence-electron chi connectivity index (χ4n) is 2.79. The molecule has 2 N–H and O–H groups in total. The van der Waals surface area contributed by atoms with Gasteiger partial charge in [0.15, 0.2) is 0 Å². The molecule has 0 bridgehead atoms. The van der Waals surface area contributed by atoms with Gasteiger partial charge in [-0.1, -0.05) is 45.4 Å². The second kappa shape index (κ2) is 9.37. The number of unbranched alkanes of at least 4 members (excludes halogenated alkanes) is 4. The molecule has 0 aliphatic heterocycles. The average molecular weight is 255 g/mol. The van der Waals surface area contributed by atoms with Gasteiger partial charge in [0.2, 0.25) is 0 Å². The molecule has 106 valence electrons. The Hall–Kier alpha value is -0.570. The van der Waals surface area contributed by atoms with E-state index in [2.05, 4.69) is 6.92 Å². The maximum Gasteiger partial charge on any atom is 0.309 e. The van der Waals surface area contributed by atoms with Gasteiger partial charge >= 0.3 is 5.97 Å². The Morgan fingerprint density at radius 3 is 2.61 bits per heavy atom. The molecule has 0 radical (unpaired) electrons. The fourth-order valence-corrected chi connectivity index (χ4v) is 2.79. The highest BCUT2D eigenvalue weighted by molar-refractivity contribution is 5.72. The first-order valence-corrected chi connectivity index (χ1v) is 7.66. The van der Waals surface area contributed by atoms with Crippen molar-refractivity contribution in [2.45, 2.75) is 64.7 Å². The zero-order chi connectivity index (χ0) is 13.2. The standard InChI is InChI=1S/C15H29NO2/c1-2-3-4-5-8-11-18-15(17)14-10-7-6-9-13(14)12-16/h13-14H,2-12,16H2,1H3. The SMILES string of the molecule is CCCCCCCOC(=O)C1CCCCC1CN. The van der Waals surface area contributed by atoms with Gasteiger partial charge in [0, 0.05) is 0 Å². The summed E-state index contributed by atoms with van der Waals surface area (Å²) in [4.78, 5) is 12.0. The highest BCUT2D eigenvalue weighted by Gasteiger charge is 2.30. The molecule has 0 saturated heterocycles. The van der Waals surface area contributed by atoms with Gasteiger partial charge in [-0.15, -0.1) is 0 Å². The predicted molar refractivity (Wildman–Crippen MR) is 74.2 cm³/mol. The minimum atomic E-state index is 0.000594. The molecule has 1 fully saturated rings. The van der Waals surface area contributed by atoms with Crippen LogP contribution in [0.15, 0.2) is 0 Å². The number of hydrogen-bond donors (Lipinski definition) is 1. The number of ether oxygens (including phenoxy) is 1. The van der Waals surface area contributed by atoms with Crippen LogP contribution in [-0.2, 0) is 9.53 Å². The van der Waals surface area contributed by atoms with Crippen LogP contribution in [0.3, 0.4) is 0 Å². The third-order valence-corrected chi connectivity index (χ3v) is 4.01. The van der Waals surface area contributed by atoms with E-state index in [4.69, 9.17) is 10.5 Å². The number of esters is 1. The van der Waals surface area contributed by atoms with Crippen molar-refractivity contribution in [1.82, 2.24) is 0 Å². The van der Waals surface area contributed by atoms with Crippen LogP contribution in [-0.4, -0.2) is 19.1 Å². The van der Waals surface area contributed by atoms with Crippen molar-refractivity contribution in [2.24, 2.45) is 17.6 Å². The maximum atomic E-state index is 12.0. The molecule has 0 aromatic heterocycles. The molecule has 2 unspecified atom stereocenters. The summed E-state index contributed by atoms with van der Waals surface area (Å²) < 4.78 is 5.40. The smallest absolute Gasteiger partial charge is 0.309 e. The number of nitrogens with two attached hydrogens (primary N) is 1. The zero-order valence-electron chi connectivity index (χ0n) is 11.8. The average Bonchev–Trinajstić information content (AvgIpc) is 2.42. The summed E-state index contributed by atoms with van der Waals surface area (Å²) in [6, 6.07) is 0. The van der Waals surface area contributed by atoms with Crippen LogP contribution in [0.25, 0.3) is 0 Å². The molecule has 3 heteroatoms. The summed E-state index contributed by atoms with van der Waals surface area (Å²) in [5.74, 6) is 0.423. The molecule has 0 aromatic carbocycles. The van der Waals surface area contributed by atoms with Crippen molar-refractivity contribution in [1.29, 1.82) is 0 Å². The van der Waals surface area contributed by atoms with Gasteiger partial charge in [-0.25, -0.2) is 0 Å². The first-order valence-electron chi connectivity index (χ1n) is 7.66. The quantitative estimate of drug-likeness (QED) is 0.535. The second-order valence-electron chi connectivity index (χ2n) is 5.47. The van der Waals surface area contributed by atoms with E-state index in [0.29, 0.717) is 19.1 Å². The molecule has 3 nitrogen and oxygen atoms in total. The summed E-state index contributed by atoms with van der Waals surface area (Å²) in [5, 5.41) is 0. The van der Waals surface area contributed by atoms with Gasteiger partial charge in [-0.2, -0.15) is 0 Å². The van der Waals surface area contributed by atoms with Crippen molar-refractivity contribution in [2.75, 3.05) is 13.2 Å². The van der Waals surface area contributed by atoms with Gasteiger partial charge < -0.3 is 10.5 Å². The summed E-state index contributed by atoms with van der Waals surface area (Å²) in [6.07, 6.45) is 10.4. The second-order valence-corrected chi connectivity index (χ2v) is 5.47. The monoisotopic (exact) mass is 255 g/mol. The molecule has 0 spiro atoms. The third-order valence-electron chi connectivity index (χ3n) is 4.01. The molecular weight excluding hydrogens is 226 g/mol. The van der Waals surface area contributed by atoms with E-state index in [1.807, 2.05) is 0 Å². The number of hydrogen-bond acceptors (Lipinski definition) is 3. The first-order chi connectivity index (χ1) is 8.79. The lowest BCUT2D eigenvalue weighted by atomic mass is 9.79. The molecule has 1 aliphatic rings. The normalized spacial score (nSPS) is 23.9. The van der Waals surface area contributed by atoms with Crippen molar-refractivity contribution in [3.05, 3.63) is 0 Å². The molecule has 0 heterocycles. The molecule has 0 amide bonds. The summed E-state index contributed by atoms with van der Waals surface area (Å²) in [6.45, 7) is 3.42. The summed E-state index contributed by atoms with van der Waals surface area (Å²) in [7, 11) is 0. The molecule has 2 atom stereocenters. The third kappa shape index (κ3) is 5.38. The lowest BCUT2D eigenvalue weighted by Gasteiger charge is -2.28. The molecular formula is C15H29NO2. The van der Waals surface area contributed by atoms with Crippen LogP contribution in [0.2, 0.25) is 0 Å². The Balaban J connectivity index is 2.14. The van der Waals surface area contributed by atoms with E-state index in [0.717, 1.165) is 25.7 Å². The largest absolute Gasteiger partial charge is 0.465 e. The van der Waals surface area contributed by atoms with E-state index >= 15 is 0 Å². The van der Waals surface area contributed by atoms with Crippen LogP contribution >= 0.6 is 0 Å². The molecule has 1 aliphatic carbocycles. The Kier molecular flexibility index (Phi) is 8.06. The minimum Gasteiger partial charge on any atom is -0.465 e. The first kappa shape index (κ1) is 15.5. The Morgan fingerprint density at radius 1 is 1.17 bits per heavy atom. The lowest BCUT2D eigenvalue weighted by Crippen LogP contribution is -2.33. The van der Waals surface area contributed by atoms with E-state index in [9.17, 15) is 4.79 Å². The topological polar surface area (TPSA) is 52.3 Å².